The van der Waals surface area contributed by atoms with Crippen molar-refractivity contribution in [2.45, 2.75) is 25.8 Å². The topological polar surface area (TPSA) is 83.6 Å². The molecule has 0 unspecified atom stereocenters. The number of aromatic nitrogens is 3. The minimum absolute atomic E-state index is 0.271. The van der Waals surface area contributed by atoms with E-state index in [0.29, 0.717) is 56.3 Å². The summed E-state index contributed by atoms with van der Waals surface area (Å²) in [5.41, 5.74) is 1.62. The SMILES string of the molecule is CSc1nc(C)c2c(=O)n(-c3ccc(Cl)cc3)c(NCC(C)C)nc2c1C#N. The van der Waals surface area contributed by atoms with E-state index in [9.17, 15) is 10.1 Å². The van der Waals surface area contributed by atoms with Crippen LogP contribution in [0.25, 0.3) is 16.6 Å². The lowest BCUT2D eigenvalue weighted by Gasteiger charge is -2.17. The molecule has 0 atom stereocenters. The van der Waals surface area contributed by atoms with Crippen molar-refractivity contribution in [2.24, 2.45) is 5.92 Å². The minimum Gasteiger partial charge on any atom is -0.355 e. The molecule has 0 spiro atoms. The van der Waals surface area contributed by atoms with Crippen LogP contribution < -0.4 is 10.9 Å². The Balaban J connectivity index is 2.40. The summed E-state index contributed by atoms with van der Waals surface area (Å²) in [6, 6.07) is 9.14. The summed E-state index contributed by atoms with van der Waals surface area (Å²) in [5.74, 6) is 0.741. The van der Waals surface area contributed by atoms with Crippen molar-refractivity contribution in [3.8, 4) is 11.8 Å². The number of nitrogens with one attached hydrogen (secondary N) is 1. The van der Waals surface area contributed by atoms with Gasteiger partial charge in [0, 0.05) is 11.6 Å². The number of hydrogen-bond acceptors (Lipinski definition) is 6. The van der Waals surface area contributed by atoms with Gasteiger partial charge in [-0.1, -0.05) is 25.4 Å². The van der Waals surface area contributed by atoms with E-state index < -0.39 is 0 Å². The van der Waals surface area contributed by atoms with Gasteiger partial charge >= 0.3 is 0 Å². The largest absolute Gasteiger partial charge is 0.355 e. The van der Waals surface area contributed by atoms with Gasteiger partial charge in [0.15, 0.2) is 0 Å². The Bertz CT molecular complexity index is 1130. The lowest BCUT2D eigenvalue weighted by molar-refractivity contribution is 0.681. The minimum atomic E-state index is -0.271. The van der Waals surface area contributed by atoms with E-state index in [1.165, 1.54) is 16.3 Å². The van der Waals surface area contributed by atoms with Gasteiger partial charge in [-0.3, -0.25) is 4.79 Å². The van der Waals surface area contributed by atoms with Gasteiger partial charge in [-0.2, -0.15) is 5.26 Å². The van der Waals surface area contributed by atoms with Crippen molar-refractivity contribution in [3.05, 3.63) is 50.9 Å². The van der Waals surface area contributed by atoms with Crippen molar-refractivity contribution in [1.82, 2.24) is 14.5 Å². The molecular weight excluding hydrogens is 394 g/mol. The predicted octanol–water partition coefficient (Wildman–Crippen LogP) is 4.40. The van der Waals surface area contributed by atoms with Crippen LogP contribution in [0.4, 0.5) is 5.95 Å². The highest BCUT2D eigenvalue weighted by Crippen LogP contribution is 2.27. The first kappa shape index (κ1) is 20.2. The highest BCUT2D eigenvalue weighted by Gasteiger charge is 2.20. The summed E-state index contributed by atoms with van der Waals surface area (Å²) >= 11 is 7.37. The summed E-state index contributed by atoms with van der Waals surface area (Å²) in [6.45, 7) is 6.53. The molecule has 1 aromatic carbocycles. The van der Waals surface area contributed by atoms with E-state index in [-0.39, 0.29) is 5.56 Å². The van der Waals surface area contributed by atoms with Crippen LogP contribution in [0.5, 0.6) is 0 Å². The number of anilines is 1. The predicted molar refractivity (Wildman–Crippen MR) is 115 cm³/mol. The second kappa shape index (κ2) is 8.21. The van der Waals surface area contributed by atoms with E-state index in [2.05, 4.69) is 30.2 Å². The fourth-order valence-corrected chi connectivity index (χ4v) is 3.59. The van der Waals surface area contributed by atoms with Crippen molar-refractivity contribution in [3.63, 3.8) is 0 Å². The van der Waals surface area contributed by atoms with Crippen molar-refractivity contribution in [2.75, 3.05) is 18.1 Å². The standard InChI is InChI=1S/C20H20ClN5OS/c1-11(2)10-23-20-25-17-15(9-22)18(28-4)24-12(3)16(17)19(27)26(20)14-7-5-13(21)6-8-14/h5-8,11H,10H2,1-4H3,(H,23,25). The van der Waals surface area contributed by atoms with E-state index >= 15 is 0 Å². The summed E-state index contributed by atoms with van der Waals surface area (Å²) in [6.07, 6.45) is 1.85. The van der Waals surface area contributed by atoms with Crippen molar-refractivity contribution < 1.29 is 0 Å². The van der Waals surface area contributed by atoms with Gasteiger partial charge in [-0.15, -0.1) is 11.8 Å². The molecule has 28 heavy (non-hydrogen) atoms. The van der Waals surface area contributed by atoms with E-state index in [1.54, 1.807) is 31.2 Å². The first-order chi connectivity index (χ1) is 13.4. The molecule has 0 radical (unpaired) electrons. The fraction of sp³-hybridized carbons (Fsp3) is 0.300. The highest BCUT2D eigenvalue weighted by atomic mass is 35.5. The molecule has 6 nitrogen and oxygen atoms in total. The Morgan fingerprint density at radius 1 is 1.29 bits per heavy atom. The van der Waals surface area contributed by atoms with Crippen molar-refractivity contribution in [1.29, 1.82) is 5.26 Å². The molecule has 8 heteroatoms. The van der Waals surface area contributed by atoms with Gasteiger partial charge in [0.25, 0.3) is 5.56 Å². The van der Waals surface area contributed by atoms with Crippen LogP contribution in [-0.2, 0) is 0 Å². The molecule has 3 aromatic rings. The third kappa shape index (κ3) is 3.71. The van der Waals surface area contributed by atoms with Gasteiger partial charge in [-0.25, -0.2) is 14.5 Å². The molecule has 3 rings (SSSR count). The lowest BCUT2D eigenvalue weighted by Crippen LogP contribution is -2.26. The Morgan fingerprint density at radius 2 is 1.96 bits per heavy atom. The molecule has 1 N–H and O–H groups in total. The summed E-state index contributed by atoms with van der Waals surface area (Å²) in [7, 11) is 0. The number of nitriles is 1. The molecule has 2 aromatic heterocycles. The number of hydrogen-bond donors (Lipinski definition) is 1. The Hall–Kier alpha value is -2.56. The normalized spacial score (nSPS) is 11.0. The van der Waals surface area contributed by atoms with Crippen LogP contribution in [0.1, 0.15) is 25.1 Å². The second-order valence-corrected chi connectivity index (χ2v) is 7.98. The van der Waals surface area contributed by atoms with Crippen LogP contribution in [0.3, 0.4) is 0 Å². The van der Waals surface area contributed by atoms with E-state index in [0.717, 1.165) is 0 Å². The van der Waals surface area contributed by atoms with E-state index in [4.69, 9.17) is 16.6 Å². The molecular formula is C20H20ClN5OS. The molecule has 0 saturated carbocycles. The Kier molecular flexibility index (Phi) is 5.92. The number of nitrogens with zero attached hydrogens (tertiary/aromatic N) is 4. The number of fused-ring (bicyclic) bond motifs is 1. The average molecular weight is 414 g/mol. The molecule has 0 fully saturated rings. The monoisotopic (exact) mass is 413 g/mol. The zero-order valence-corrected chi connectivity index (χ0v) is 17.6. The van der Waals surface area contributed by atoms with Crippen LogP contribution in [-0.4, -0.2) is 27.3 Å². The summed E-state index contributed by atoms with van der Waals surface area (Å²) in [4.78, 5) is 22.6. The molecule has 0 bridgehead atoms. The van der Waals surface area contributed by atoms with Crippen LogP contribution in [0.15, 0.2) is 34.1 Å². The number of pyridine rings is 1. The maximum absolute atomic E-state index is 13.5. The molecule has 0 aliphatic heterocycles. The van der Waals surface area contributed by atoms with Gasteiger partial charge < -0.3 is 5.32 Å². The molecule has 0 aliphatic carbocycles. The van der Waals surface area contributed by atoms with Gasteiger partial charge in [-0.05, 0) is 43.4 Å². The Morgan fingerprint density at radius 3 is 2.54 bits per heavy atom. The summed E-state index contributed by atoms with van der Waals surface area (Å²) in [5, 5.41) is 14.4. The maximum atomic E-state index is 13.5. The highest BCUT2D eigenvalue weighted by molar-refractivity contribution is 7.98. The van der Waals surface area contributed by atoms with Crippen LogP contribution in [0.2, 0.25) is 5.02 Å². The molecule has 2 heterocycles. The Labute approximate surface area is 172 Å². The average Bonchev–Trinajstić information content (AvgIpc) is 2.66. The number of halogens is 1. The molecule has 0 saturated heterocycles. The molecule has 0 amide bonds. The third-order valence-corrected chi connectivity index (χ3v) is 5.16. The number of rotatable bonds is 5. The second-order valence-electron chi connectivity index (χ2n) is 6.74. The van der Waals surface area contributed by atoms with Crippen LogP contribution in [0, 0.1) is 24.2 Å². The zero-order valence-electron chi connectivity index (χ0n) is 16.1. The van der Waals surface area contributed by atoms with Gasteiger partial charge in [0.05, 0.1) is 16.8 Å². The van der Waals surface area contributed by atoms with Crippen molar-refractivity contribution >= 4 is 40.2 Å². The number of benzene rings is 1. The third-order valence-electron chi connectivity index (χ3n) is 4.22. The van der Waals surface area contributed by atoms with E-state index in [1.807, 2.05) is 6.26 Å². The number of thioether (sulfide) groups is 1. The van der Waals surface area contributed by atoms with Gasteiger partial charge in [0.1, 0.15) is 22.2 Å². The zero-order chi connectivity index (χ0) is 20.4. The van der Waals surface area contributed by atoms with Crippen LogP contribution >= 0.6 is 23.4 Å². The number of aryl methyl sites for hydroxylation is 1. The summed E-state index contributed by atoms with van der Waals surface area (Å²) < 4.78 is 1.51. The fourth-order valence-electron chi connectivity index (χ4n) is 2.89. The lowest BCUT2D eigenvalue weighted by atomic mass is 10.1. The van der Waals surface area contributed by atoms with Gasteiger partial charge in [0.2, 0.25) is 5.95 Å². The quantitative estimate of drug-likeness (QED) is 0.624. The first-order valence-electron chi connectivity index (χ1n) is 8.78. The maximum Gasteiger partial charge on any atom is 0.269 e. The smallest absolute Gasteiger partial charge is 0.269 e. The molecule has 0 aliphatic rings. The first-order valence-corrected chi connectivity index (χ1v) is 10.4. The molecule has 144 valence electrons.